The van der Waals surface area contributed by atoms with Crippen LogP contribution in [0.3, 0.4) is 0 Å². The molecule has 0 fully saturated rings. The van der Waals surface area contributed by atoms with Gasteiger partial charge in [-0.2, -0.15) is 0 Å². The monoisotopic (exact) mass is 944 g/mol. The van der Waals surface area contributed by atoms with E-state index < -0.39 is 18.2 Å². The number of aliphatic hydroxyl groups is 3. The SMILES string of the molecule is CCCCCCCCCCCCCCCC/C=C\CCCCCCCCCCCCCCCCCC(O)CC(=O)NC(CO)C(O)/C=C/CCCCCCCCCCCCCCCCCCC. The van der Waals surface area contributed by atoms with E-state index >= 15 is 0 Å². The Bertz CT molecular complexity index is 998. The Hall–Kier alpha value is -1.17. The minimum atomic E-state index is -0.928. The standard InChI is InChI=1S/C62H121NO4/c1-3-5-7-9-11-13-15-17-19-21-23-24-25-26-27-28-29-30-31-32-33-34-35-36-38-39-41-43-45-47-49-51-53-55-59(65)57-62(67)63-60(58-64)61(66)56-54-52-50-48-46-44-42-40-37-22-20-18-16-14-12-10-8-6-4-2/h28-29,54,56,59-61,64-66H,3-27,30-53,55,57-58H2,1-2H3,(H,63,67)/b29-28-,56-54+. The highest BCUT2D eigenvalue weighted by molar-refractivity contribution is 5.76. The molecule has 0 radical (unpaired) electrons. The van der Waals surface area contributed by atoms with E-state index in [2.05, 4.69) is 31.3 Å². The van der Waals surface area contributed by atoms with Gasteiger partial charge in [0.05, 0.1) is 31.3 Å². The largest absolute Gasteiger partial charge is 0.394 e. The summed E-state index contributed by atoms with van der Waals surface area (Å²) in [4.78, 5) is 12.5. The lowest BCUT2D eigenvalue weighted by atomic mass is 10.0. The summed E-state index contributed by atoms with van der Waals surface area (Å²) in [5.74, 6) is -0.309. The molecule has 0 saturated carbocycles. The summed E-state index contributed by atoms with van der Waals surface area (Å²) in [6.45, 7) is 4.26. The van der Waals surface area contributed by atoms with Gasteiger partial charge in [0.2, 0.25) is 5.91 Å². The Morgan fingerprint density at radius 2 is 0.627 bits per heavy atom. The highest BCUT2D eigenvalue weighted by Crippen LogP contribution is 2.18. The zero-order valence-corrected chi connectivity index (χ0v) is 45.6. The fourth-order valence-corrected chi connectivity index (χ4v) is 9.81. The molecule has 4 N–H and O–H groups in total. The number of carbonyl (C=O) groups is 1. The fourth-order valence-electron chi connectivity index (χ4n) is 9.81. The summed E-state index contributed by atoms with van der Waals surface area (Å²) in [6.07, 6.45) is 73.9. The molecule has 0 aromatic carbocycles. The third-order valence-corrected chi connectivity index (χ3v) is 14.5. The van der Waals surface area contributed by atoms with E-state index in [1.807, 2.05) is 6.08 Å². The Morgan fingerprint density at radius 3 is 0.910 bits per heavy atom. The maximum Gasteiger partial charge on any atom is 0.222 e. The molecule has 0 spiro atoms. The maximum atomic E-state index is 12.5. The molecule has 0 heterocycles. The first-order valence-electron chi connectivity index (χ1n) is 30.6. The molecule has 0 rings (SSSR count). The van der Waals surface area contributed by atoms with Crippen molar-refractivity contribution in [1.29, 1.82) is 0 Å². The molecule has 5 nitrogen and oxygen atoms in total. The third-order valence-electron chi connectivity index (χ3n) is 14.5. The summed E-state index contributed by atoms with van der Waals surface area (Å²) in [5.41, 5.74) is 0. The van der Waals surface area contributed by atoms with Crippen LogP contribution in [0.15, 0.2) is 24.3 Å². The second-order valence-electron chi connectivity index (χ2n) is 21.3. The molecule has 0 saturated heterocycles. The molecular formula is C62H121NO4. The van der Waals surface area contributed by atoms with E-state index in [1.165, 1.54) is 289 Å². The Labute approximate surface area is 420 Å². The van der Waals surface area contributed by atoms with Crippen LogP contribution in [0.4, 0.5) is 0 Å². The average molecular weight is 945 g/mol. The van der Waals surface area contributed by atoms with Gasteiger partial charge in [0.25, 0.3) is 0 Å². The van der Waals surface area contributed by atoms with Crippen molar-refractivity contribution in [2.45, 2.75) is 360 Å². The number of carbonyl (C=O) groups excluding carboxylic acids is 1. The zero-order chi connectivity index (χ0) is 48.6. The Kier molecular flexibility index (Phi) is 56.4. The molecule has 3 atom stereocenters. The van der Waals surface area contributed by atoms with Gasteiger partial charge in [-0.1, -0.05) is 314 Å². The molecule has 5 heteroatoms. The molecule has 398 valence electrons. The number of rotatable bonds is 57. The van der Waals surface area contributed by atoms with E-state index in [0.717, 1.165) is 25.7 Å². The van der Waals surface area contributed by atoms with Gasteiger partial charge in [-0.25, -0.2) is 0 Å². The molecule has 0 bridgehead atoms. The Morgan fingerprint density at radius 1 is 0.373 bits per heavy atom. The minimum Gasteiger partial charge on any atom is -0.394 e. The first kappa shape index (κ1) is 65.8. The first-order valence-corrected chi connectivity index (χ1v) is 30.6. The number of unbranched alkanes of at least 4 members (excludes halogenated alkanes) is 46. The second kappa shape index (κ2) is 57.4. The van der Waals surface area contributed by atoms with E-state index in [-0.39, 0.29) is 18.9 Å². The lowest BCUT2D eigenvalue weighted by Crippen LogP contribution is -2.45. The topological polar surface area (TPSA) is 89.8 Å². The van der Waals surface area contributed by atoms with Gasteiger partial charge < -0.3 is 20.6 Å². The third kappa shape index (κ3) is 54.0. The zero-order valence-electron chi connectivity index (χ0n) is 45.6. The highest BCUT2D eigenvalue weighted by atomic mass is 16.3. The molecule has 0 aliphatic heterocycles. The van der Waals surface area contributed by atoms with Crippen molar-refractivity contribution in [3.05, 3.63) is 24.3 Å². The van der Waals surface area contributed by atoms with Crippen LogP contribution in [0.5, 0.6) is 0 Å². The number of amides is 1. The first-order chi connectivity index (χ1) is 33.0. The number of nitrogens with one attached hydrogen (secondary N) is 1. The fraction of sp³-hybridized carbons (Fsp3) is 0.919. The van der Waals surface area contributed by atoms with E-state index in [0.29, 0.717) is 6.42 Å². The van der Waals surface area contributed by atoms with E-state index in [9.17, 15) is 20.1 Å². The number of hydrogen-bond acceptors (Lipinski definition) is 4. The normalized spacial score (nSPS) is 13.3. The maximum absolute atomic E-state index is 12.5. The summed E-state index contributed by atoms with van der Waals surface area (Å²) in [7, 11) is 0. The number of hydrogen-bond donors (Lipinski definition) is 4. The summed E-state index contributed by atoms with van der Waals surface area (Å²) in [6, 6.07) is -0.743. The van der Waals surface area contributed by atoms with E-state index in [4.69, 9.17) is 0 Å². The average Bonchev–Trinajstić information content (AvgIpc) is 3.32. The van der Waals surface area contributed by atoms with Crippen molar-refractivity contribution >= 4 is 5.91 Å². The smallest absolute Gasteiger partial charge is 0.222 e. The highest BCUT2D eigenvalue weighted by Gasteiger charge is 2.20. The summed E-state index contributed by atoms with van der Waals surface area (Å²) < 4.78 is 0. The Balaban J connectivity index is 3.50. The van der Waals surface area contributed by atoms with Gasteiger partial charge in [-0.15, -0.1) is 0 Å². The van der Waals surface area contributed by atoms with Gasteiger partial charge in [0.1, 0.15) is 0 Å². The predicted octanol–water partition coefficient (Wildman–Crippen LogP) is 19.2. The number of allylic oxidation sites excluding steroid dienone is 3. The van der Waals surface area contributed by atoms with Gasteiger partial charge in [-0.3, -0.25) is 4.79 Å². The van der Waals surface area contributed by atoms with Crippen molar-refractivity contribution < 1.29 is 20.1 Å². The molecule has 1 amide bonds. The lowest BCUT2D eigenvalue weighted by molar-refractivity contribution is -0.124. The molecule has 3 unspecified atom stereocenters. The van der Waals surface area contributed by atoms with Crippen molar-refractivity contribution in [1.82, 2.24) is 5.32 Å². The van der Waals surface area contributed by atoms with Gasteiger partial charge in [0.15, 0.2) is 0 Å². The molecule has 0 aromatic rings. The number of aliphatic hydroxyl groups excluding tert-OH is 3. The van der Waals surface area contributed by atoms with Crippen LogP contribution < -0.4 is 5.32 Å². The van der Waals surface area contributed by atoms with Gasteiger partial charge in [0, 0.05) is 0 Å². The quantitative estimate of drug-likeness (QED) is 0.0361. The van der Waals surface area contributed by atoms with Gasteiger partial charge >= 0.3 is 0 Å². The molecule has 67 heavy (non-hydrogen) atoms. The van der Waals surface area contributed by atoms with Crippen LogP contribution in [-0.4, -0.2) is 46.1 Å². The van der Waals surface area contributed by atoms with Crippen LogP contribution in [-0.2, 0) is 4.79 Å². The molecular weight excluding hydrogens is 823 g/mol. The van der Waals surface area contributed by atoms with Crippen LogP contribution in [0, 0.1) is 0 Å². The molecule has 0 aliphatic carbocycles. The van der Waals surface area contributed by atoms with Crippen LogP contribution in [0.1, 0.15) is 341 Å². The van der Waals surface area contributed by atoms with Crippen molar-refractivity contribution in [2.75, 3.05) is 6.61 Å². The van der Waals surface area contributed by atoms with Crippen LogP contribution in [0.25, 0.3) is 0 Å². The lowest BCUT2D eigenvalue weighted by Gasteiger charge is -2.21. The minimum absolute atomic E-state index is 0.0173. The van der Waals surface area contributed by atoms with Gasteiger partial charge in [-0.05, 0) is 44.9 Å². The van der Waals surface area contributed by atoms with Crippen molar-refractivity contribution in [3.8, 4) is 0 Å². The summed E-state index contributed by atoms with van der Waals surface area (Å²) in [5, 5.41) is 33.5. The molecule has 0 aliphatic rings. The van der Waals surface area contributed by atoms with Crippen molar-refractivity contribution in [3.63, 3.8) is 0 Å². The van der Waals surface area contributed by atoms with Crippen LogP contribution >= 0.6 is 0 Å². The van der Waals surface area contributed by atoms with Crippen LogP contribution in [0.2, 0.25) is 0 Å². The second-order valence-corrected chi connectivity index (χ2v) is 21.3. The predicted molar refractivity (Wildman–Crippen MR) is 296 cm³/mol. The molecule has 0 aromatic heterocycles. The van der Waals surface area contributed by atoms with E-state index in [1.54, 1.807) is 6.08 Å². The summed E-state index contributed by atoms with van der Waals surface area (Å²) >= 11 is 0. The van der Waals surface area contributed by atoms with Crippen molar-refractivity contribution in [2.24, 2.45) is 0 Å².